The zero-order valence-corrected chi connectivity index (χ0v) is 14.8. The summed E-state index contributed by atoms with van der Waals surface area (Å²) in [6, 6.07) is 20.0. The molecule has 1 atom stereocenters. The second-order valence-corrected chi connectivity index (χ2v) is 6.91. The first-order valence-electron chi connectivity index (χ1n) is 9.14. The summed E-state index contributed by atoms with van der Waals surface area (Å²) in [7, 11) is 0. The predicted molar refractivity (Wildman–Crippen MR) is 101 cm³/mol. The van der Waals surface area contributed by atoms with Crippen molar-refractivity contribution in [1.29, 1.82) is 0 Å². The van der Waals surface area contributed by atoms with Crippen LogP contribution < -0.4 is 4.90 Å². The molecule has 0 spiro atoms. The summed E-state index contributed by atoms with van der Waals surface area (Å²) in [5.74, 6) is -0.449. The smallest absolute Gasteiger partial charge is 0.238 e. The second kappa shape index (κ2) is 7.30. The fourth-order valence-corrected chi connectivity index (χ4v) is 3.76. The van der Waals surface area contributed by atoms with Crippen molar-refractivity contribution in [2.75, 3.05) is 37.7 Å². The van der Waals surface area contributed by atoms with Gasteiger partial charge in [0, 0.05) is 38.3 Å². The molecule has 0 aliphatic carbocycles. The number of carbonyl (C=O) groups is 2. The van der Waals surface area contributed by atoms with Crippen LogP contribution in [-0.4, -0.2) is 54.5 Å². The van der Waals surface area contributed by atoms with Gasteiger partial charge in [0.1, 0.15) is 0 Å². The number of piperazine rings is 1. The third-order valence-electron chi connectivity index (χ3n) is 5.28. The summed E-state index contributed by atoms with van der Waals surface area (Å²) in [4.78, 5) is 31.1. The number of hydrogen-bond acceptors (Lipinski definition) is 4. The molecule has 26 heavy (non-hydrogen) atoms. The van der Waals surface area contributed by atoms with Gasteiger partial charge >= 0.3 is 0 Å². The van der Waals surface area contributed by atoms with Gasteiger partial charge in [0.25, 0.3) is 0 Å². The van der Waals surface area contributed by atoms with Crippen LogP contribution in [0, 0.1) is 0 Å². The molecule has 5 nitrogen and oxygen atoms in total. The zero-order chi connectivity index (χ0) is 17.9. The highest BCUT2D eigenvalue weighted by atomic mass is 16.2. The number of anilines is 1. The van der Waals surface area contributed by atoms with Gasteiger partial charge in [0.2, 0.25) is 11.8 Å². The van der Waals surface area contributed by atoms with E-state index >= 15 is 0 Å². The van der Waals surface area contributed by atoms with Crippen LogP contribution in [0.1, 0.15) is 17.9 Å². The van der Waals surface area contributed by atoms with Crippen molar-refractivity contribution in [3.8, 4) is 0 Å². The summed E-state index contributed by atoms with van der Waals surface area (Å²) in [5, 5.41) is 0. The molecule has 4 rings (SSSR count). The Kier molecular flexibility index (Phi) is 4.71. The van der Waals surface area contributed by atoms with Gasteiger partial charge in [-0.05, 0) is 17.7 Å². The Labute approximate surface area is 153 Å². The molecule has 2 aromatic rings. The average molecular weight is 349 g/mol. The zero-order valence-electron chi connectivity index (χ0n) is 14.8. The second-order valence-electron chi connectivity index (χ2n) is 6.91. The van der Waals surface area contributed by atoms with E-state index in [0.29, 0.717) is 6.67 Å². The summed E-state index contributed by atoms with van der Waals surface area (Å²) >= 11 is 0. The number of imide groups is 1. The van der Waals surface area contributed by atoms with Gasteiger partial charge in [-0.3, -0.25) is 19.4 Å². The molecule has 134 valence electrons. The number of para-hydroxylation sites is 1. The Hall–Kier alpha value is -2.66. The molecule has 0 saturated carbocycles. The summed E-state index contributed by atoms with van der Waals surface area (Å²) in [6.45, 7) is 3.91. The molecule has 2 fully saturated rings. The molecule has 0 N–H and O–H groups in total. The lowest BCUT2D eigenvalue weighted by atomic mass is 9.98. The molecular weight excluding hydrogens is 326 g/mol. The third-order valence-corrected chi connectivity index (χ3v) is 5.28. The molecular formula is C21H23N3O2. The van der Waals surface area contributed by atoms with Crippen molar-refractivity contribution in [2.24, 2.45) is 0 Å². The Balaban J connectivity index is 1.36. The molecule has 0 aromatic heterocycles. The van der Waals surface area contributed by atoms with Gasteiger partial charge in [-0.2, -0.15) is 0 Å². The van der Waals surface area contributed by atoms with Gasteiger partial charge < -0.3 is 4.90 Å². The maximum absolute atomic E-state index is 12.7. The number of hydrogen-bond donors (Lipinski definition) is 0. The lowest BCUT2D eigenvalue weighted by Gasteiger charge is -2.37. The van der Waals surface area contributed by atoms with Crippen molar-refractivity contribution in [2.45, 2.75) is 12.3 Å². The first-order chi connectivity index (χ1) is 12.7. The third kappa shape index (κ3) is 3.35. The lowest BCUT2D eigenvalue weighted by molar-refractivity contribution is -0.141. The highest BCUT2D eigenvalue weighted by Gasteiger charge is 2.40. The number of rotatable bonds is 4. The topological polar surface area (TPSA) is 43.9 Å². The van der Waals surface area contributed by atoms with E-state index in [2.05, 4.69) is 21.9 Å². The van der Waals surface area contributed by atoms with E-state index in [9.17, 15) is 9.59 Å². The van der Waals surface area contributed by atoms with Gasteiger partial charge in [-0.25, -0.2) is 0 Å². The maximum Gasteiger partial charge on any atom is 0.238 e. The number of nitrogens with zero attached hydrogens (tertiary/aromatic N) is 3. The molecule has 2 aliphatic rings. The van der Waals surface area contributed by atoms with E-state index in [4.69, 9.17) is 0 Å². The Bertz CT molecular complexity index is 770. The lowest BCUT2D eigenvalue weighted by Crippen LogP contribution is -2.51. The minimum atomic E-state index is -0.325. The largest absolute Gasteiger partial charge is 0.369 e. The molecule has 1 unspecified atom stereocenters. The van der Waals surface area contributed by atoms with Gasteiger partial charge in [0.15, 0.2) is 0 Å². The molecule has 2 amide bonds. The molecule has 0 bridgehead atoms. The molecule has 5 heteroatoms. The van der Waals surface area contributed by atoms with Crippen molar-refractivity contribution in [1.82, 2.24) is 9.80 Å². The van der Waals surface area contributed by atoms with Crippen molar-refractivity contribution in [3.63, 3.8) is 0 Å². The van der Waals surface area contributed by atoms with Crippen LogP contribution in [0.2, 0.25) is 0 Å². The standard InChI is InChI=1S/C21H23N3O2/c25-20-15-19(17-7-3-1-4-8-17)21(26)24(20)16-22-11-13-23(14-12-22)18-9-5-2-6-10-18/h1-10,19H,11-16H2. The molecule has 2 heterocycles. The van der Waals surface area contributed by atoms with Gasteiger partial charge in [0.05, 0.1) is 12.6 Å². The van der Waals surface area contributed by atoms with Crippen LogP contribution in [0.4, 0.5) is 5.69 Å². The van der Waals surface area contributed by atoms with Crippen LogP contribution in [0.15, 0.2) is 60.7 Å². The van der Waals surface area contributed by atoms with E-state index in [0.717, 1.165) is 31.7 Å². The van der Waals surface area contributed by atoms with Gasteiger partial charge in [-0.1, -0.05) is 48.5 Å². The highest BCUT2D eigenvalue weighted by molar-refractivity contribution is 6.06. The van der Waals surface area contributed by atoms with Crippen LogP contribution in [0.5, 0.6) is 0 Å². The van der Waals surface area contributed by atoms with Crippen molar-refractivity contribution >= 4 is 17.5 Å². The van der Waals surface area contributed by atoms with E-state index in [1.807, 2.05) is 48.5 Å². The highest BCUT2D eigenvalue weighted by Crippen LogP contribution is 2.29. The van der Waals surface area contributed by atoms with Crippen LogP contribution in [-0.2, 0) is 9.59 Å². The van der Waals surface area contributed by atoms with Crippen molar-refractivity contribution < 1.29 is 9.59 Å². The summed E-state index contributed by atoms with van der Waals surface area (Å²) < 4.78 is 0. The molecule has 2 saturated heterocycles. The fraction of sp³-hybridized carbons (Fsp3) is 0.333. The monoisotopic (exact) mass is 349 g/mol. The number of carbonyl (C=O) groups excluding carboxylic acids is 2. The minimum Gasteiger partial charge on any atom is -0.369 e. The Morgan fingerprint density at radius 2 is 1.42 bits per heavy atom. The Morgan fingerprint density at radius 1 is 0.808 bits per heavy atom. The molecule has 0 radical (unpaired) electrons. The molecule has 2 aliphatic heterocycles. The number of benzene rings is 2. The first kappa shape index (κ1) is 16.8. The quantitative estimate of drug-likeness (QED) is 0.795. The molecule has 2 aromatic carbocycles. The van der Waals surface area contributed by atoms with Crippen LogP contribution in [0.25, 0.3) is 0 Å². The Morgan fingerprint density at radius 3 is 2.08 bits per heavy atom. The maximum atomic E-state index is 12.7. The minimum absolute atomic E-state index is 0.0608. The predicted octanol–water partition coefficient (Wildman–Crippen LogP) is 2.31. The van der Waals surface area contributed by atoms with Crippen molar-refractivity contribution in [3.05, 3.63) is 66.2 Å². The summed E-state index contributed by atoms with van der Waals surface area (Å²) in [6.07, 6.45) is 0.285. The van der Waals surface area contributed by atoms with E-state index in [-0.39, 0.29) is 24.2 Å². The normalized spacial score (nSPS) is 21.5. The van der Waals surface area contributed by atoms with Crippen LogP contribution in [0.3, 0.4) is 0 Å². The van der Waals surface area contributed by atoms with E-state index < -0.39 is 0 Å². The van der Waals surface area contributed by atoms with Crippen LogP contribution >= 0.6 is 0 Å². The first-order valence-corrected chi connectivity index (χ1v) is 9.14. The number of amides is 2. The fourth-order valence-electron chi connectivity index (χ4n) is 3.76. The summed E-state index contributed by atoms with van der Waals surface area (Å²) in [5.41, 5.74) is 2.16. The SMILES string of the molecule is O=C1CC(c2ccccc2)C(=O)N1CN1CCN(c2ccccc2)CC1. The number of likely N-dealkylation sites (tertiary alicyclic amines) is 1. The average Bonchev–Trinajstić information content (AvgIpc) is 2.98. The van der Waals surface area contributed by atoms with E-state index in [1.54, 1.807) is 0 Å². The van der Waals surface area contributed by atoms with Gasteiger partial charge in [-0.15, -0.1) is 0 Å². The van der Waals surface area contributed by atoms with E-state index in [1.165, 1.54) is 10.6 Å².